The minimum absolute atomic E-state index is 0.331. The van der Waals surface area contributed by atoms with Gasteiger partial charge in [0.1, 0.15) is 0 Å². The minimum atomic E-state index is 0.331. The minimum Gasteiger partial charge on any atom is -0.327 e. The molecule has 2 rings (SSSR count). The molecule has 0 saturated heterocycles. The lowest BCUT2D eigenvalue weighted by molar-refractivity contribution is 0.179. The summed E-state index contributed by atoms with van der Waals surface area (Å²) < 4.78 is 0. The maximum absolute atomic E-state index is 6.70. The average Bonchev–Trinajstić information content (AvgIpc) is 2.49. The lowest BCUT2D eigenvalue weighted by Crippen LogP contribution is -2.41. The molecule has 0 aliphatic heterocycles. The summed E-state index contributed by atoms with van der Waals surface area (Å²) in [5.74, 6) is 2.10. The zero-order valence-electron chi connectivity index (χ0n) is 12.5. The van der Waals surface area contributed by atoms with Crippen LogP contribution in [-0.2, 0) is 0 Å². The summed E-state index contributed by atoms with van der Waals surface area (Å²) in [6, 6.07) is 11.2. The molecule has 106 valence electrons. The Morgan fingerprint density at radius 1 is 1.11 bits per heavy atom. The van der Waals surface area contributed by atoms with E-state index in [0.717, 1.165) is 18.3 Å². The Hall–Kier alpha value is -0.820. The predicted octanol–water partition coefficient (Wildman–Crippen LogP) is 4.72. The van der Waals surface area contributed by atoms with Gasteiger partial charge >= 0.3 is 0 Å². The Morgan fingerprint density at radius 3 is 2.42 bits per heavy atom. The summed E-state index contributed by atoms with van der Waals surface area (Å²) >= 11 is 0. The van der Waals surface area contributed by atoms with E-state index in [1.54, 1.807) is 0 Å². The molecule has 0 bridgehead atoms. The van der Waals surface area contributed by atoms with Crippen molar-refractivity contribution in [3.8, 4) is 0 Å². The highest BCUT2D eigenvalue weighted by Crippen LogP contribution is 2.38. The summed E-state index contributed by atoms with van der Waals surface area (Å²) in [6.45, 7) is 4.61. The standard InChI is InChI=1S/C18H29N/c1-3-14-10-8-9-13-17(14)18(19)16(4-2)15-11-6-5-7-12-15/h5-7,11-12,14,16-18H,3-4,8-10,13,19H2,1-2H3. The van der Waals surface area contributed by atoms with E-state index in [0.29, 0.717) is 12.0 Å². The maximum atomic E-state index is 6.70. The van der Waals surface area contributed by atoms with Gasteiger partial charge in [-0.05, 0) is 36.2 Å². The SMILES string of the molecule is CCC1CCCCC1C(N)C(CC)c1ccccc1. The van der Waals surface area contributed by atoms with E-state index in [1.807, 2.05) is 0 Å². The topological polar surface area (TPSA) is 26.0 Å². The van der Waals surface area contributed by atoms with E-state index in [4.69, 9.17) is 5.73 Å². The van der Waals surface area contributed by atoms with Crippen LogP contribution in [-0.4, -0.2) is 6.04 Å². The van der Waals surface area contributed by atoms with Gasteiger partial charge in [-0.25, -0.2) is 0 Å². The van der Waals surface area contributed by atoms with Crippen LogP contribution in [0.15, 0.2) is 30.3 Å². The molecule has 19 heavy (non-hydrogen) atoms. The molecule has 1 aliphatic carbocycles. The van der Waals surface area contributed by atoms with Crippen LogP contribution < -0.4 is 5.73 Å². The van der Waals surface area contributed by atoms with Crippen molar-refractivity contribution < 1.29 is 0 Å². The predicted molar refractivity (Wildman–Crippen MR) is 83.2 cm³/mol. The monoisotopic (exact) mass is 259 g/mol. The zero-order chi connectivity index (χ0) is 13.7. The fraction of sp³-hybridized carbons (Fsp3) is 0.667. The van der Waals surface area contributed by atoms with E-state index >= 15 is 0 Å². The number of hydrogen-bond acceptors (Lipinski definition) is 1. The number of benzene rings is 1. The smallest absolute Gasteiger partial charge is 0.0139 e. The van der Waals surface area contributed by atoms with Crippen LogP contribution in [0.5, 0.6) is 0 Å². The van der Waals surface area contributed by atoms with E-state index in [9.17, 15) is 0 Å². The van der Waals surface area contributed by atoms with Gasteiger partial charge in [0, 0.05) is 6.04 Å². The summed E-state index contributed by atoms with van der Waals surface area (Å²) in [7, 11) is 0. The molecule has 0 spiro atoms. The molecule has 1 aliphatic rings. The van der Waals surface area contributed by atoms with E-state index in [1.165, 1.54) is 37.7 Å². The van der Waals surface area contributed by atoms with Crippen LogP contribution in [0.4, 0.5) is 0 Å². The highest BCUT2D eigenvalue weighted by Gasteiger charge is 2.32. The Kier molecular flexibility index (Phi) is 5.45. The number of hydrogen-bond donors (Lipinski definition) is 1. The third kappa shape index (κ3) is 3.39. The number of nitrogens with two attached hydrogens (primary N) is 1. The van der Waals surface area contributed by atoms with E-state index in [-0.39, 0.29) is 0 Å². The van der Waals surface area contributed by atoms with Crippen LogP contribution in [0.2, 0.25) is 0 Å². The van der Waals surface area contributed by atoms with Gasteiger partial charge in [0.25, 0.3) is 0 Å². The molecule has 1 saturated carbocycles. The van der Waals surface area contributed by atoms with Gasteiger partial charge in [-0.1, -0.05) is 69.9 Å². The molecule has 4 unspecified atom stereocenters. The van der Waals surface area contributed by atoms with Gasteiger partial charge in [0.05, 0.1) is 0 Å². The molecule has 1 nitrogen and oxygen atoms in total. The van der Waals surface area contributed by atoms with Gasteiger partial charge in [-0.2, -0.15) is 0 Å². The second-order valence-electron chi connectivity index (χ2n) is 6.12. The van der Waals surface area contributed by atoms with Crippen LogP contribution in [0.25, 0.3) is 0 Å². The Balaban J connectivity index is 2.13. The fourth-order valence-electron chi connectivity index (χ4n) is 3.98. The molecule has 0 radical (unpaired) electrons. The lowest BCUT2D eigenvalue weighted by Gasteiger charge is -2.38. The van der Waals surface area contributed by atoms with Gasteiger partial charge in [-0.3, -0.25) is 0 Å². The van der Waals surface area contributed by atoms with Crippen molar-refractivity contribution in [2.45, 2.75) is 64.3 Å². The van der Waals surface area contributed by atoms with Crippen LogP contribution in [0.3, 0.4) is 0 Å². The van der Waals surface area contributed by atoms with Gasteiger partial charge < -0.3 is 5.73 Å². The first-order valence-corrected chi connectivity index (χ1v) is 8.08. The Labute approximate surface area is 118 Å². The zero-order valence-corrected chi connectivity index (χ0v) is 12.5. The van der Waals surface area contributed by atoms with Crippen molar-refractivity contribution >= 4 is 0 Å². The van der Waals surface area contributed by atoms with Crippen molar-refractivity contribution in [2.24, 2.45) is 17.6 Å². The second kappa shape index (κ2) is 7.09. The quantitative estimate of drug-likeness (QED) is 0.813. The highest BCUT2D eigenvalue weighted by molar-refractivity contribution is 5.21. The summed E-state index contributed by atoms with van der Waals surface area (Å²) in [6.07, 6.45) is 7.95. The highest BCUT2D eigenvalue weighted by atomic mass is 14.7. The number of rotatable bonds is 5. The van der Waals surface area contributed by atoms with E-state index < -0.39 is 0 Å². The third-order valence-electron chi connectivity index (χ3n) is 5.12. The van der Waals surface area contributed by atoms with Crippen LogP contribution in [0, 0.1) is 11.8 Å². The second-order valence-corrected chi connectivity index (χ2v) is 6.12. The van der Waals surface area contributed by atoms with Crippen LogP contribution in [0.1, 0.15) is 63.9 Å². The summed E-state index contributed by atoms with van der Waals surface area (Å²) in [5.41, 5.74) is 8.13. The molecule has 4 atom stereocenters. The molecule has 1 heteroatoms. The van der Waals surface area contributed by atoms with Gasteiger partial charge in [0.2, 0.25) is 0 Å². The van der Waals surface area contributed by atoms with Gasteiger partial charge in [-0.15, -0.1) is 0 Å². The van der Waals surface area contributed by atoms with Gasteiger partial charge in [0.15, 0.2) is 0 Å². The molecular formula is C18H29N. The first kappa shape index (κ1) is 14.6. The van der Waals surface area contributed by atoms with Crippen molar-refractivity contribution in [1.29, 1.82) is 0 Å². The van der Waals surface area contributed by atoms with Crippen molar-refractivity contribution in [3.05, 3.63) is 35.9 Å². The van der Waals surface area contributed by atoms with E-state index in [2.05, 4.69) is 44.2 Å². The largest absolute Gasteiger partial charge is 0.327 e. The molecule has 2 N–H and O–H groups in total. The molecule has 0 heterocycles. The van der Waals surface area contributed by atoms with Crippen LogP contribution >= 0.6 is 0 Å². The molecule has 0 amide bonds. The Bertz CT molecular complexity index is 359. The first-order chi connectivity index (χ1) is 9.27. The van der Waals surface area contributed by atoms with Crippen molar-refractivity contribution in [1.82, 2.24) is 0 Å². The molecular weight excluding hydrogens is 230 g/mol. The first-order valence-electron chi connectivity index (χ1n) is 8.08. The maximum Gasteiger partial charge on any atom is 0.0139 e. The molecule has 0 aromatic heterocycles. The normalized spacial score (nSPS) is 26.9. The Morgan fingerprint density at radius 2 is 1.79 bits per heavy atom. The fourth-order valence-corrected chi connectivity index (χ4v) is 3.98. The van der Waals surface area contributed by atoms with Crippen molar-refractivity contribution in [2.75, 3.05) is 0 Å². The molecule has 1 aromatic rings. The van der Waals surface area contributed by atoms with Crippen molar-refractivity contribution in [3.63, 3.8) is 0 Å². The summed E-state index contributed by atoms with van der Waals surface area (Å²) in [5, 5.41) is 0. The lowest BCUT2D eigenvalue weighted by atomic mass is 9.69. The molecule has 1 aromatic carbocycles. The third-order valence-corrected chi connectivity index (χ3v) is 5.12. The molecule has 1 fully saturated rings. The summed E-state index contributed by atoms with van der Waals surface area (Å²) in [4.78, 5) is 0. The average molecular weight is 259 g/mol.